The first-order valence-corrected chi connectivity index (χ1v) is 7.92. The molecule has 1 aliphatic heterocycles. The largest absolute Gasteiger partial charge is 0.352 e. The van der Waals surface area contributed by atoms with Crippen LogP contribution in [0.1, 0.15) is 26.7 Å². The maximum absolute atomic E-state index is 12.2. The monoisotopic (exact) mass is 292 g/mol. The summed E-state index contributed by atoms with van der Waals surface area (Å²) in [6.45, 7) is 4.08. The Hall–Kier alpha value is -1.49. The van der Waals surface area contributed by atoms with Gasteiger partial charge in [-0.05, 0) is 25.5 Å². The molecule has 0 spiro atoms. The number of amides is 2. The standard InChI is InChI=1S/C15H20N2O2S/c1-3-11(2)16-14(18)10-17-12-6-4-5-7-13(12)20-9-8-15(17)19/h4-7,11H,3,8-10H2,1-2H3,(H,16,18). The molecule has 0 bridgehead atoms. The topological polar surface area (TPSA) is 49.4 Å². The predicted octanol–water partition coefficient (Wildman–Crippen LogP) is 2.43. The van der Waals surface area contributed by atoms with Crippen LogP contribution in [0.5, 0.6) is 0 Å². The molecule has 2 amide bonds. The molecule has 0 saturated heterocycles. The second kappa shape index (κ2) is 6.79. The number of thioether (sulfide) groups is 1. The van der Waals surface area contributed by atoms with Crippen LogP contribution in [0.15, 0.2) is 29.2 Å². The van der Waals surface area contributed by atoms with Crippen molar-refractivity contribution in [3.8, 4) is 0 Å². The fraction of sp³-hybridized carbons (Fsp3) is 0.467. The number of hydrogen-bond acceptors (Lipinski definition) is 3. The Labute approximate surface area is 123 Å². The maximum atomic E-state index is 12.2. The number of carbonyl (C=O) groups is 2. The number of nitrogens with one attached hydrogen (secondary N) is 1. The van der Waals surface area contributed by atoms with E-state index in [0.717, 1.165) is 22.8 Å². The zero-order chi connectivity index (χ0) is 14.5. The molecular weight excluding hydrogens is 272 g/mol. The van der Waals surface area contributed by atoms with Crippen LogP contribution >= 0.6 is 11.8 Å². The molecule has 1 aliphatic rings. The highest BCUT2D eigenvalue weighted by atomic mass is 32.2. The Morgan fingerprint density at radius 1 is 1.45 bits per heavy atom. The Morgan fingerprint density at radius 2 is 2.20 bits per heavy atom. The second-order valence-electron chi connectivity index (χ2n) is 4.92. The van der Waals surface area contributed by atoms with Crippen molar-refractivity contribution >= 4 is 29.3 Å². The summed E-state index contributed by atoms with van der Waals surface area (Å²) < 4.78 is 0. The number of benzene rings is 1. The van der Waals surface area contributed by atoms with E-state index >= 15 is 0 Å². The molecule has 1 atom stereocenters. The molecule has 20 heavy (non-hydrogen) atoms. The van der Waals surface area contributed by atoms with Crippen LogP contribution in [-0.2, 0) is 9.59 Å². The third-order valence-electron chi connectivity index (χ3n) is 3.35. The first-order chi connectivity index (χ1) is 9.61. The maximum Gasteiger partial charge on any atom is 0.240 e. The summed E-state index contributed by atoms with van der Waals surface area (Å²) in [6, 6.07) is 7.89. The van der Waals surface area contributed by atoms with Crippen LogP contribution in [-0.4, -0.2) is 30.2 Å². The smallest absolute Gasteiger partial charge is 0.240 e. The highest BCUT2D eigenvalue weighted by Gasteiger charge is 2.24. The summed E-state index contributed by atoms with van der Waals surface area (Å²) in [4.78, 5) is 26.9. The minimum atomic E-state index is -0.102. The molecular formula is C15H20N2O2S. The number of anilines is 1. The van der Waals surface area contributed by atoms with Crippen molar-refractivity contribution in [1.29, 1.82) is 0 Å². The third kappa shape index (κ3) is 3.54. The number of nitrogens with zero attached hydrogens (tertiary/aromatic N) is 1. The molecule has 1 unspecified atom stereocenters. The lowest BCUT2D eigenvalue weighted by Gasteiger charge is -2.23. The van der Waals surface area contributed by atoms with Crippen molar-refractivity contribution in [2.45, 2.75) is 37.6 Å². The molecule has 1 heterocycles. The molecule has 4 nitrogen and oxygen atoms in total. The van der Waals surface area contributed by atoms with Crippen LogP contribution in [0.4, 0.5) is 5.69 Å². The molecule has 2 rings (SSSR count). The van der Waals surface area contributed by atoms with E-state index < -0.39 is 0 Å². The van der Waals surface area contributed by atoms with Gasteiger partial charge in [0, 0.05) is 23.1 Å². The number of carbonyl (C=O) groups excluding carboxylic acids is 2. The first-order valence-electron chi connectivity index (χ1n) is 6.93. The van der Waals surface area contributed by atoms with E-state index in [0.29, 0.717) is 6.42 Å². The molecule has 1 N–H and O–H groups in total. The van der Waals surface area contributed by atoms with Crippen molar-refractivity contribution in [1.82, 2.24) is 5.32 Å². The quantitative estimate of drug-likeness (QED) is 0.927. The lowest BCUT2D eigenvalue weighted by molar-refractivity contribution is -0.124. The molecule has 1 aromatic carbocycles. The lowest BCUT2D eigenvalue weighted by atomic mass is 10.2. The molecule has 1 aromatic rings. The minimum Gasteiger partial charge on any atom is -0.352 e. The molecule has 0 saturated carbocycles. The number of fused-ring (bicyclic) bond motifs is 1. The van der Waals surface area contributed by atoms with Gasteiger partial charge in [0.1, 0.15) is 6.54 Å². The summed E-state index contributed by atoms with van der Waals surface area (Å²) in [5.74, 6) is 0.676. The fourth-order valence-electron chi connectivity index (χ4n) is 2.06. The summed E-state index contributed by atoms with van der Waals surface area (Å²) in [5, 5.41) is 2.91. The average Bonchev–Trinajstić information content (AvgIpc) is 2.59. The molecule has 108 valence electrons. The minimum absolute atomic E-state index is 0.0155. The van der Waals surface area contributed by atoms with E-state index in [1.54, 1.807) is 16.7 Å². The van der Waals surface area contributed by atoms with E-state index in [1.165, 1.54) is 0 Å². The average molecular weight is 292 g/mol. The van der Waals surface area contributed by atoms with Gasteiger partial charge in [-0.2, -0.15) is 0 Å². The van der Waals surface area contributed by atoms with Gasteiger partial charge in [0.2, 0.25) is 11.8 Å². The summed E-state index contributed by atoms with van der Waals surface area (Å²) in [7, 11) is 0. The van der Waals surface area contributed by atoms with Crippen molar-refractivity contribution in [2.24, 2.45) is 0 Å². The van der Waals surface area contributed by atoms with E-state index in [4.69, 9.17) is 0 Å². The van der Waals surface area contributed by atoms with E-state index in [2.05, 4.69) is 5.32 Å². The van der Waals surface area contributed by atoms with Crippen LogP contribution in [0.25, 0.3) is 0 Å². The van der Waals surface area contributed by atoms with Crippen molar-refractivity contribution in [3.63, 3.8) is 0 Å². The van der Waals surface area contributed by atoms with Gasteiger partial charge in [0.25, 0.3) is 0 Å². The van der Waals surface area contributed by atoms with Crippen molar-refractivity contribution in [2.75, 3.05) is 17.2 Å². The highest BCUT2D eigenvalue weighted by Crippen LogP contribution is 2.33. The van der Waals surface area contributed by atoms with Gasteiger partial charge >= 0.3 is 0 Å². The SMILES string of the molecule is CCC(C)NC(=O)CN1C(=O)CCSc2ccccc21. The number of para-hydroxylation sites is 1. The summed E-state index contributed by atoms with van der Waals surface area (Å²) >= 11 is 1.67. The Balaban J connectivity index is 2.16. The van der Waals surface area contributed by atoms with Gasteiger partial charge in [0.05, 0.1) is 5.69 Å². The van der Waals surface area contributed by atoms with Gasteiger partial charge in [-0.1, -0.05) is 19.1 Å². The Bertz CT molecular complexity index is 504. The van der Waals surface area contributed by atoms with Crippen molar-refractivity contribution in [3.05, 3.63) is 24.3 Å². The normalized spacial score (nSPS) is 16.3. The second-order valence-corrected chi connectivity index (χ2v) is 6.06. The molecule has 5 heteroatoms. The van der Waals surface area contributed by atoms with Gasteiger partial charge in [-0.25, -0.2) is 0 Å². The van der Waals surface area contributed by atoms with Crippen LogP contribution < -0.4 is 10.2 Å². The molecule has 0 radical (unpaired) electrons. The summed E-state index contributed by atoms with van der Waals surface area (Å²) in [5.41, 5.74) is 0.847. The number of hydrogen-bond donors (Lipinski definition) is 1. The lowest BCUT2D eigenvalue weighted by Crippen LogP contribution is -2.43. The molecule has 0 aromatic heterocycles. The van der Waals surface area contributed by atoms with E-state index in [9.17, 15) is 9.59 Å². The van der Waals surface area contributed by atoms with Crippen LogP contribution in [0.2, 0.25) is 0 Å². The van der Waals surface area contributed by atoms with E-state index in [-0.39, 0.29) is 24.4 Å². The fourth-order valence-corrected chi connectivity index (χ4v) is 3.06. The Kier molecular flexibility index (Phi) is 5.06. The van der Waals surface area contributed by atoms with E-state index in [1.807, 2.05) is 38.1 Å². The van der Waals surface area contributed by atoms with Crippen LogP contribution in [0.3, 0.4) is 0 Å². The molecule has 0 aliphatic carbocycles. The highest BCUT2D eigenvalue weighted by molar-refractivity contribution is 7.99. The molecule has 0 fully saturated rings. The van der Waals surface area contributed by atoms with Crippen molar-refractivity contribution < 1.29 is 9.59 Å². The van der Waals surface area contributed by atoms with Crippen LogP contribution in [0, 0.1) is 0 Å². The summed E-state index contributed by atoms with van der Waals surface area (Å²) in [6.07, 6.45) is 1.35. The predicted molar refractivity (Wildman–Crippen MR) is 82.0 cm³/mol. The van der Waals surface area contributed by atoms with Gasteiger partial charge in [0.15, 0.2) is 0 Å². The third-order valence-corrected chi connectivity index (χ3v) is 4.42. The zero-order valence-corrected chi connectivity index (χ0v) is 12.7. The van der Waals surface area contributed by atoms with Gasteiger partial charge in [-0.15, -0.1) is 11.8 Å². The first kappa shape index (κ1) is 14.9. The number of rotatable bonds is 4. The Morgan fingerprint density at radius 3 is 2.95 bits per heavy atom. The van der Waals surface area contributed by atoms with Gasteiger partial charge in [-0.3, -0.25) is 9.59 Å². The zero-order valence-electron chi connectivity index (χ0n) is 11.9. The van der Waals surface area contributed by atoms with Gasteiger partial charge < -0.3 is 10.2 Å².